The van der Waals surface area contributed by atoms with Gasteiger partial charge in [-0.1, -0.05) is 0 Å². The molecule has 1 atom stereocenters. The zero-order valence-electron chi connectivity index (χ0n) is 17.0. The van der Waals surface area contributed by atoms with Gasteiger partial charge in [0.15, 0.2) is 0 Å². The molecule has 0 bridgehead atoms. The lowest BCUT2D eigenvalue weighted by Crippen LogP contribution is -2.26. The van der Waals surface area contributed by atoms with Crippen LogP contribution in [-0.2, 0) is 14.3 Å². The average molecular weight is 428 g/mol. The molecular formula is C21H20N2O8. The summed E-state index contributed by atoms with van der Waals surface area (Å²) in [5.41, 5.74) is -1.48. The maximum atomic E-state index is 12.9. The van der Waals surface area contributed by atoms with Crippen molar-refractivity contribution in [3.05, 3.63) is 67.9 Å². The fraction of sp³-hybridized carbons (Fsp3) is 0.238. The molecule has 0 saturated carbocycles. The molecule has 2 aromatic heterocycles. The second kappa shape index (κ2) is 8.74. The summed E-state index contributed by atoms with van der Waals surface area (Å²) >= 11 is 0. The Balaban J connectivity index is 2.28. The molecule has 0 amide bonds. The van der Waals surface area contributed by atoms with Crippen molar-refractivity contribution in [1.82, 2.24) is 9.97 Å². The molecule has 0 spiro atoms. The highest BCUT2D eigenvalue weighted by Crippen LogP contribution is 2.33. The maximum Gasteiger partial charge on any atom is 0.343 e. The summed E-state index contributed by atoms with van der Waals surface area (Å²) in [7, 11) is 3.76. The van der Waals surface area contributed by atoms with Gasteiger partial charge < -0.3 is 29.3 Å². The number of hydrogen-bond acceptors (Lipinski definition) is 8. The number of aromatic amines is 2. The van der Waals surface area contributed by atoms with Crippen molar-refractivity contribution in [2.75, 3.05) is 21.3 Å². The van der Waals surface area contributed by atoms with Gasteiger partial charge in [0.25, 0.3) is 11.1 Å². The van der Waals surface area contributed by atoms with Crippen molar-refractivity contribution in [3.63, 3.8) is 0 Å². The van der Waals surface area contributed by atoms with E-state index in [4.69, 9.17) is 9.47 Å². The Bertz CT molecular complexity index is 1270. The first kappa shape index (κ1) is 21.6. The van der Waals surface area contributed by atoms with Crippen LogP contribution in [0.3, 0.4) is 0 Å². The van der Waals surface area contributed by atoms with Gasteiger partial charge >= 0.3 is 11.9 Å². The van der Waals surface area contributed by atoms with E-state index in [0.29, 0.717) is 16.7 Å². The minimum Gasteiger partial charge on any atom is -0.506 e. The maximum absolute atomic E-state index is 12.9. The number of aromatic hydroxyl groups is 1. The lowest BCUT2D eigenvalue weighted by Gasteiger charge is -2.18. The number of pyridine rings is 2. The molecule has 10 heteroatoms. The molecule has 0 aliphatic heterocycles. The summed E-state index contributed by atoms with van der Waals surface area (Å²) in [6.45, 7) is 0. The Morgan fingerprint density at radius 3 is 2.45 bits per heavy atom. The summed E-state index contributed by atoms with van der Waals surface area (Å²) < 4.78 is 14.5. The largest absolute Gasteiger partial charge is 0.506 e. The number of carbonyl (C=O) groups excluding carboxylic acids is 2. The summed E-state index contributed by atoms with van der Waals surface area (Å²) in [6, 6.07) is 6.50. The molecule has 0 radical (unpaired) electrons. The van der Waals surface area contributed by atoms with Crippen molar-refractivity contribution in [3.8, 4) is 11.5 Å². The minimum atomic E-state index is -1.20. The number of fused-ring (bicyclic) bond motifs is 1. The van der Waals surface area contributed by atoms with Crippen LogP contribution in [0.2, 0.25) is 0 Å². The zero-order chi connectivity index (χ0) is 22.7. The zero-order valence-corrected chi connectivity index (χ0v) is 17.0. The van der Waals surface area contributed by atoms with Gasteiger partial charge in [-0.2, -0.15) is 0 Å². The average Bonchev–Trinajstić information content (AvgIpc) is 2.76. The highest BCUT2D eigenvalue weighted by molar-refractivity contribution is 5.92. The number of ether oxygens (including phenoxy) is 3. The Labute approximate surface area is 175 Å². The van der Waals surface area contributed by atoms with E-state index in [1.54, 1.807) is 18.2 Å². The van der Waals surface area contributed by atoms with E-state index in [1.807, 2.05) is 0 Å². The van der Waals surface area contributed by atoms with Crippen molar-refractivity contribution in [2.24, 2.45) is 0 Å². The van der Waals surface area contributed by atoms with Gasteiger partial charge in [0.05, 0.1) is 38.8 Å². The van der Waals surface area contributed by atoms with Crippen LogP contribution < -0.4 is 15.9 Å². The van der Waals surface area contributed by atoms with Crippen LogP contribution >= 0.6 is 0 Å². The Hall–Kier alpha value is -4.08. The van der Waals surface area contributed by atoms with Gasteiger partial charge in [0.2, 0.25) is 0 Å². The fourth-order valence-corrected chi connectivity index (χ4v) is 3.33. The van der Waals surface area contributed by atoms with Gasteiger partial charge in [-0.15, -0.1) is 0 Å². The summed E-state index contributed by atoms with van der Waals surface area (Å²) in [4.78, 5) is 54.6. The number of nitrogens with one attached hydrogen (secondary N) is 2. The molecule has 3 rings (SSSR count). The molecule has 2 heterocycles. The number of H-pyrrole nitrogens is 2. The molecule has 0 aliphatic rings. The predicted octanol–water partition coefficient (Wildman–Crippen LogP) is 1.41. The number of benzene rings is 1. The van der Waals surface area contributed by atoms with Crippen LogP contribution in [0.25, 0.3) is 10.9 Å². The summed E-state index contributed by atoms with van der Waals surface area (Å²) in [5, 5.41) is 11.3. The van der Waals surface area contributed by atoms with E-state index in [9.17, 15) is 24.3 Å². The Morgan fingerprint density at radius 1 is 1.06 bits per heavy atom. The molecule has 162 valence electrons. The number of aromatic nitrogens is 2. The third kappa shape index (κ3) is 4.13. The molecule has 0 fully saturated rings. The molecular weight excluding hydrogens is 408 g/mol. The van der Waals surface area contributed by atoms with Gasteiger partial charge in [0, 0.05) is 23.7 Å². The molecule has 3 aromatic rings. The van der Waals surface area contributed by atoms with E-state index >= 15 is 0 Å². The first-order valence-corrected chi connectivity index (χ1v) is 9.11. The Kier molecular flexibility index (Phi) is 6.10. The van der Waals surface area contributed by atoms with E-state index in [0.717, 1.165) is 20.4 Å². The monoisotopic (exact) mass is 428 g/mol. The van der Waals surface area contributed by atoms with Gasteiger partial charge in [0.1, 0.15) is 17.1 Å². The normalized spacial score (nSPS) is 11.7. The van der Waals surface area contributed by atoms with Crippen molar-refractivity contribution >= 4 is 22.8 Å². The van der Waals surface area contributed by atoms with Crippen molar-refractivity contribution in [2.45, 2.75) is 12.3 Å². The second-order valence-corrected chi connectivity index (χ2v) is 6.63. The molecule has 31 heavy (non-hydrogen) atoms. The van der Waals surface area contributed by atoms with Gasteiger partial charge in [-0.05, 0) is 23.6 Å². The third-order valence-corrected chi connectivity index (χ3v) is 4.91. The van der Waals surface area contributed by atoms with Crippen molar-refractivity contribution < 1.29 is 28.9 Å². The molecule has 0 aliphatic carbocycles. The number of carbonyl (C=O) groups is 2. The molecule has 0 saturated heterocycles. The summed E-state index contributed by atoms with van der Waals surface area (Å²) in [5.74, 6) is -2.97. The molecule has 0 unspecified atom stereocenters. The van der Waals surface area contributed by atoms with Crippen LogP contribution in [0.5, 0.6) is 11.5 Å². The quantitative estimate of drug-likeness (QED) is 0.499. The van der Waals surface area contributed by atoms with Crippen LogP contribution in [0.1, 0.15) is 33.8 Å². The number of hydrogen-bond donors (Lipinski definition) is 3. The minimum absolute atomic E-state index is 0.0332. The number of methoxy groups -OCH3 is 3. The Morgan fingerprint density at radius 2 is 1.81 bits per heavy atom. The predicted molar refractivity (Wildman–Crippen MR) is 110 cm³/mol. The van der Waals surface area contributed by atoms with Gasteiger partial charge in [-0.3, -0.25) is 14.4 Å². The lowest BCUT2D eigenvalue weighted by atomic mass is 9.88. The van der Waals surface area contributed by atoms with Crippen LogP contribution in [0.15, 0.2) is 40.1 Å². The van der Waals surface area contributed by atoms with E-state index in [-0.39, 0.29) is 16.7 Å². The highest BCUT2D eigenvalue weighted by atomic mass is 16.5. The first-order valence-electron chi connectivity index (χ1n) is 9.11. The SMILES string of the molecule is COC(=O)C[C@H](c1cc2ccc(OC)cc2[nH]c1=O)c1c(O)c(C(=O)OC)c[nH]c1=O. The van der Waals surface area contributed by atoms with Crippen molar-refractivity contribution in [1.29, 1.82) is 0 Å². The van der Waals surface area contributed by atoms with E-state index in [1.165, 1.54) is 13.2 Å². The van der Waals surface area contributed by atoms with E-state index < -0.39 is 41.1 Å². The van der Waals surface area contributed by atoms with Gasteiger partial charge in [-0.25, -0.2) is 4.79 Å². The standard InChI is InChI=1S/C21H20N2O8/c1-29-11-5-4-10-6-13(19(26)23-15(10)7-11)12(8-16(24)30-2)17-18(25)14(21(28)31-3)9-22-20(17)27/h4-7,9,12H,8H2,1-3H3,(H,23,26)(H2,22,25,27)/t12-/m1/s1. The van der Waals surface area contributed by atoms with Crippen LogP contribution in [0, 0.1) is 0 Å². The van der Waals surface area contributed by atoms with E-state index in [2.05, 4.69) is 14.7 Å². The first-order chi connectivity index (χ1) is 14.8. The fourth-order valence-electron chi connectivity index (χ4n) is 3.33. The topological polar surface area (TPSA) is 148 Å². The molecule has 1 aromatic carbocycles. The highest BCUT2D eigenvalue weighted by Gasteiger charge is 2.30. The summed E-state index contributed by atoms with van der Waals surface area (Å²) in [6.07, 6.45) is 0.571. The molecule has 10 nitrogen and oxygen atoms in total. The van der Waals surface area contributed by atoms with Crippen LogP contribution in [0.4, 0.5) is 0 Å². The smallest absolute Gasteiger partial charge is 0.343 e. The van der Waals surface area contributed by atoms with Crippen LogP contribution in [-0.4, -0.2) is 48.3 Å². The number of rotatable bonds is 6. The number of esters is 2. The second-order valence-electron chi connectivity index (χ2n) is 6.63. The lowest BCUT2D eigenvalue weighted by molar-refractivity contribution is -0.140. The molecule has 3 N–H and O–H groups in total. The third-order valence-electron chi connectivity index (χ3n) is 4.91.